The maximum atomic E-state index is 12.4. The fourth-order valence-electron chi connectivity index (χ4n) is 3.46. The summed E-state index contributed by atoms with van der Waals surface area (Å²) in [6.45, 7) is 3.81. The van der Waals surface area contributed by atoms with Crippen molar-refractivity contribution >= 4 is 17.7 Å². The Morgan fingerprint density at radius 3 is 2.41 bits per heavy atom. The predicted molar refractivity (Wildman–Crippen MR) is 80.7 cm³/mol. The molecule has 2 aliphatic rings. The molecule has 3 amide bonds. The van der Waals surface area contributed by atoms with Gasteiger partial charge in [0.2, 0.25) is 11.8 Å². The molecule has 22 heavy (non-hydrogen) atoms. The third-order valence-electron chi connectivity index (χ3n) is 4.50. The van der Waals surface area contributed by atoms with Crippen LogP contribution < -0.4 is 10.6 Å². The highest BCUT2D eigenvalue weighted by Crippen LogP contribution is 2.37. The van der Waals surface area contributed by atoms with E-state index >= 15 is 0 Å². The standard InChI is InChI=1S/C17H18N2O3/c1-9-8-10(2)14(13-12(9)16(21)19-17(13)22)18-15(20)11-6-4-3-5-7-11/h3-9,12-14H,1-2H3,(H,18,20)(H,19,21,22)/t9-,12-,13-,14+/m0/s1. The second-order valence-corrected chi connectivity index (χ2v) is 5.99. The Hall–Kier alpha value is -2.43. The number of hydrogen-bond acceptors (Lipinski definition) is 3. The summed E-state index contributed by atoms with van der Waals surface area (Å²) in [5.74, 6) is -1.73. The Labute approximate surface area is 128 Å². The maximum absolute atomic E-state index is 12.4. The first kappa shape index (κ1) is 14.5. The van der Waals surface area contributed by atoms with Gasteiger partial charge in [0.25, 0.3) is 5.91 Å². The van der Waals surface area contributed by atoms with Crippen LogP contribution in [0.25, 0.3) is 0 Å². The molecule has 0 saturated carbocycles. The molecule has 1 aliphatic heterocycles. The van der Waals surface area contributed by atoms with Crippen LogP contribution in [0.5, 0.6) is 0 Å². The van der Waals surface area contributed by atoms with Gasteiger partial charge in [-0.2, -0.15) is 0 Å². The molecule has 4 atom stereocenters. The third-order valence-corrected chi connectivity index (χ3v) is 4.50. The van der Waals surface area contributed by atoms with E-state index in [-0.39, 0.29) is 23.6 Å². The fourth-order valence-corrected chi connectivity index (χ4v) is 3.46. The molecule has 2 N–H and O–H groups in total. The Morgan fingerprint density at radius 2 is 1.73 bits per heavy atom. The van der Waals surface area contributed by atoms with E-state index in [0.717, 1.165) is 5.57 Å². The molecule has 1 heterocycles. The van der Waals surface area contributed by atoms with Crippen LogP contribution >= 0.6 is 0 Å². The molecule has 0 unspecified atom stereocenters. The molecule has 1 aromatic rings. The van der Waals surface area contributed by atoms with Gasteiger partial charge in [0.15, 0.2) is 0 Å². The monoisotopic (exact) mass is 298 g/mol. The van der Waals surface area contributed by atoms with Crippen molar-refractivity contribution < 1.29 is 14.4 Å². The molecule has 5 nitrogen and oxygen atoms in total. The lowest BCUT2D eigenvalue weighted by Gasteiger charge is -2.34. The largest absolute Gasteiger partial charge is 0.345 e. The number of allylic oxidation sites excluding steroid dienone is 1. The fraction of sp³-hybridized carbons (Fsp3) is 0.353. The number of carbonyl (C=O) groups is 3. The van der Waals surface area contributed by atoms with E-state index in [9.17, 15) is 14.4 Å². The van der Waals surface area contributed by atoms with Crippen molar-refractivity contribution in [3.63, 3.8) is 0 Å². The third kappa shape index (κ3) is 2.32. The highest BCUT2D eigenvalue weighted by Gasteiger charge is 2.51. The number of rotatable bonds is 2. The highest BCUT2D eigenvalue weighted by molar-refractivity contribution is 6.06. The van der Waals surface area contributed by atoms with Gasteiger partial charge in [-0.1, -0.05) is 36.8 Å². The molecule has 1 aliphatic carbocycles. The van der Waals surface area contributed by atoms with E-state index in [4.69, 9.17) is 0 Å². The first-order valence-corrected chi connectivity index (χ1v) is 7.38. The van der Waals surface area contributed by atoms with Crippen molar-refractivity contribution in [3.8, 4) is 0 Å². The maximum Gasteiger partial charge on any atom is 0.251 e. The highest BCUT2D eigenvalue weighted by atomic mass is 16.2. The molecule has 0 radical (unpaired) electrons. The van der Waals surface area contributed by atoms with E-state index in [1.54, 1.807) is 24.3 Å². The Morgan fingerprint density at radius 1 is 1.09 bits per heavy atom. The Bertz CT molecular complexity index is 666. The quantitative estimate of drug-likeness (QED) is 0.638. The molecule has 114 valence electrons. The molecule has 1 fully saturated rings. The van der Waals surface area contributed by atoms with E-state index in [1.807, 2.05) is 26.0 Å². The summed E-state index contributed by atoms with van der Waals surface area (Å²) in [5.41, 5.74) is 1.46. The van der Waals surface area contributed by atoms with Crippen LogP contribution in [0.1, 0.15) is 24.2 Å². The number of benzene rings is 1. The van der Waals surface area contributed by atoms with Crippen molar-refractivity contribution in [3.05, 3.63) is 47.5 Å². The van der Waals surface area contributed by atoms with Gasteiger partial charge in [-0.05, 0) is 25.0 Å². The molecule has 0 bridgehead atoms. The van der Waals surface area contributed by atoms with Crippen molar-refractivity contribution in [2.45, 2.75) is 19.9 Å². The normalized spacial score (nSPS) is 30.4. The molecule has 5 heteroatoms. The SMILES string of the molecule is CC1=C[C@H](C)[C@@H]2C(=O)NC(=O)[C@@H]2[C@@H]1NC(=O)c1ccccc1. The van der Waals surface area contributed by atoms with Gasteiger partial charge in [-0.25, -0.2) is 0 Å². The van der Waals surface area contributed by atoms with Gasteiger partial charge in [-0.3, -0.25) is 19.7 Å². The van der Waals surface area contributed by atoms with Crippen LogP contribution in [0.15, 0.2) is 42.0 Å². The summed E-state index contributed by atoms with van der Waals surface area (Å²) in [5, 5.41) is 5.30. The Kier molecular flexibility index (Phi) is 3.56. The van der Waals surface area contributed by atoms with Crippen molar-refractivity contribution in [2.75, 3.05) is 0 Å². The average molecular weight is 298 g/mol. The molecule has 0 spiro atoms. The van der Waals surface area contributed by atoms with Crippen molar-refractivity contribution in [2.24, 2.45) is 17.8 Å². The summed E-state index contributed by atoms with van der Waals surface area (Å²) in [4.78, 5) is 36.5. The number of hydrogen-bond donors (Lipinski definition) is 2. The molecule has 0 aromatic heterocycles. The first-order chi connectivity index (χ1) is 10.5. The summed E-state index contributed by atoms with van der Waals surface area (Å²) in [7, 11) is 0. The van der Waals surface area contributed by atoms with Crippen LogP contribution in [-0.4, -0.2) is 23.8 Å². The zero-order chi connectivity index (χ0) is 15.9. The van der Waals surface area contributed by atoms with Crippen LogP contribution in [0, 0.1) is 17.8 Å². The zero-order valence-electron chi connectivity index (χ0n) is 12.5. The second-order valence-electron chi connectivity index (χ2n) is 5.99. The van der Waals surface area contributed by atoms with Gasteiger partial charge < -0.3 is 5.32 Å². The van der Waals surface area contributed by atoms with E-state index in [0.29, 0.717) is 5.56 Å². The van der Waals surface area contributed by atoms with Crippen molar-refractivity contribution in [1.29, 1.82) is 0 Å². The van der Waals surface area contributed by atoms with Gasteiger partial charge >= 0.3 is 0 Å². The number of carbonyl (C=O) groups excluding carboxylic acids is 3. The second kappa shape index (κ2) is 5.40. The zero-order valence-corrected chi connectivity index (χ0v) is 12.5. The van der Waals surface area contributed by atoms with Gasteiger partial charge in [0, 0.05) is 5.56 Å². The van der Waals surface area contributed by atoms with E-state index in [2.05, 4.69) is 10.6 Å². The van der Waals surface area contributed by atoms with Gasteiger partial charge in [0.05, 0.1) is 17.9 Å². The van der Waals surface area contributed by atoms with Crippen LogP contribution in [0.4, 0.5) is 0 Å². The van der Waals surface area contributed by atoms with Gasteiger partial charge in [0.1, 0.15) is 0 Å². The lowest BCUT2D eigenvalue weighted by Crippen LogP contribution is -2.48. The topological polar surface area (TPSA) is 75.3 Å². The number of amides is 3. The minimum atomic E-state index is -0.528. The summed E-state index contributed by atoms with van der Waals surface area (Å²) in [6.07, 6.45) is 1.97. The van der Waals surface area contributed by atoms with E-state index in [1.165, 1.54) is 0 Å². The van der Waals surface area contributed by atoms with E-state index < -0.39 is 17.9 Å². The lowest BCUT2D eigenvalue weighted by atomic mass is 9.72. The molecule has 1 saturated heterocycles. The minimum absolute atomic E-state index is 0.0127. The number of imide groups is 1. The van der Waals surface area contributed by atoms with Crippen LogP contribution in [0.2, 0.25) is 0 Å². The number of nitrogens with one attached hydrogen (secondary N) is 2. The van der Waals surface area contributed by atoms with Gasteiger partial charge in [-0.15, -0.1) is 0 Å². The number of fused-ring (bicyclic) bond motifs is 1. The smallest absolute Gasteiger partial charge is 0.251 e. The first-order valence-electron chi connectivity index (χ1n) is 7.38. The summed E-state index contributed by atoms with van der Waals surface area (Å²) < 4.78 is 0. The summed E-state index contributed by atoms with van der Waals surface area (Å²) in [6, 6.07) is 8.41. The minimum Gasteiger partial charge on any atom is -0.345 e. The predicted octanol–water partition coefficient (Wildman–Crippen LogP) is 1.27. The Balaban J connectivity index is 1.89. The molecular weight excluding hydrogens is 280 g/mol. The average Bonchev–Trinajstić information content (AvgIpc) is 2.79. The molecule has 3 rings (SSSR count). The molecular formula is C17H18N2O3. The van der Waals surface area contributed by atoms with Crippen LogP contribution in [-0.2, 0) is 9.59 Å². The van der Waals surface area contributed by atoms with Crippen LogP contribution in [0.3, 0.4) is 0 Å². The lowest BCUT2D eigenvalue weighted by molar-refractivity contribution is -0.126. The molecule has 1 aromatic carbocycles. The van der Waals surface area contributed by atoms with Crippen molar-refractivity contribution in [1.82, 2.24) is 10.6 Å². The summed E-state index contributed by atoms with van der Waals surface area (Å²) >= 11 is 0.